The van der Waals surface area contributed by atoms with Crippen LogP contribution in [-0.2, 0) is 11.2 Å². The maximum atomic E-state index is 13.0. The fourth-order valence-corrected chi connectivity index (χ4v) is 1.92. The molecule has 0 aliphatic carbocycles. The van der Waals surface area contributed by atoms with Gasteiger partial charge in [-0.05, 0) is 36.2 Å². The van der Waals surface area contributed by atoms with E-state index in [2.05, 4.69) is 5.32 Å². The zero-order valence-electron chi connectivity index (χ0n) is 8.22. The Hall–Kier alpha value is -0.930. The third kappa shape index (κ3) is 1.79. The minimum absolute atomic E-state index is 0.138. The zero-order chi connectivity index (χ0) is 9.97. The molecule has 1 aliphatic rings. The highest BCUT2D eigenvalue weighted by atomic mass is 19.1. The van der Waals surface area contributed by atoms with Gasteiger partial charge in [-0.2, -0.15) is 0 Å². The largest absolute Gasteiger partial charge is 0.383 e. The molecule has 0 bridgehead atoms. The van der Waals surface area contributed by atoms with Gasteiger partial charge in [0.25, 0.3) is 0 Å². The molecule has 1 aliphatic heterocycles. The minimum atomic E-state index is -0.173. The van der Waals surface area contributed by atoms with Crippen LogP contribution in [0.5, 0.6) is 0 Å². The van der Waals surface area contributed by atoms with Gasteiger partial charge >= 0.3 is 0 Å². The highest BCUT2D eigenvalue weighted by molar-refractivity contribution is 5.33. The van der Waals surface area contributed by atoms with Crippen LogP contribution in [0.25, 0.3) is 0 Å². The number of fused-ring (bicyclic) bond motifs is 1. The Morgan fingerprint density at radius 1 is 1.57 bits per heavy atom. The first-order valence-corrected chi connectivity index (χ1v) is 4.82. The standard InChI is InChI=1S/C11H14FNO/c1-14-7-11-10-6-9(12)3-2-8(10)4-5-13-11/h2-3,6,11,13H,4-5,7H2,1H3. The van der Waals surface area contributed by atoms with E-state index in [1.54, 1.807) is 13.2 Å². The molecule has 0 aromatic heterocycles. The summed E-state index contributed by atoms with van der Waals surface area (Å²) >= 11 is 0. The van der Waals surface area contributed by atoms with Crippen molar-refractivity contribution in [1.29, 1.82) is 0 Å². The second-order valence-corrected chi connectivity index (χ2v) is 3.56. The molecule has 1 unspecified atom stereocenters. The van der Waals surface area contributed by atoms with Crippen molar-refractivity contribution in [2.24, 2.45) is 0 Å². The summed E-state index contributed by atoms with van der Waals surface area (Å²) in [5.74, 6) is -0.173. The maximum Gasteiger partial charge on any atom is 0.123 e. The van der Waals surface area contributed by atoms with E-state index < -0.39 is 0 Å². The van der Waals surface area contributed by atoms with Crippen molar-refractivity contribution in [3.8, 4) is 0 Å². The predicted molar refractivity (Wildman–Crippen MR) is 52.7 cm³/mol. The average Bonchev–Trinajstić information content (AvgIpc) is 2.19. The number of ether oxygens (including phenoxy) is 1. The first kappa shape index (κ1) is 9.62. The number of hydrogen-bond acceptors (Lipinski definition) is 2. The Bertz CT molecular complexity index is 327. The molecule has 0 radical (unpaired) electrons. The van der Waals surface area contributed by atoms with Crippen molar-refractivity contribution < 1.29 is 9.13 Å². The Morgan fingerprint density at radius 3 is 3.21 bits per heavy atom. The Labute approximate surface area is 83.1 Å². The number of methoxy groups -OCH3 is 1. The average molecular weight is 195 g/mol. The SMILES string of the molecule is COCC1NCCc2ccc(F)cc21. The molecule has 0 saturated heterocycles. The molecule has 2 nitrogen and oxygen atoms in total. The highest BCUT2D eigenvalue weighted by Crippen LogP contribution is 2.23. The molecule has 14 heavy (non-hydrogen) atoms. The van der Waals surface area contributed by atoms with Crippen LogP contribution in [0.3, 0.4) is 0 Å². The van der Waals surface area contributed by atoms with Gasteiger partial charge in [0.2, 0.25) is 0 Å². The molecule has 2 rings (SSSR count). The van der Waals surface area contributed by atoms with Crippen LogP contribution in [0.2, 0.25) is 0 Å². The van der Waals surface area contributed by atoms with Crippen LogP contribution in [0.1, 0.15) is 17.2 Å². The zero-order valence-corrected chi connectivity index (χ0v) is 8.22. The molecule has 0 saturated carbocycles. The number of halogens is 1. The first-order chi connectivity index (χ1) is 6.81. The Balaban J connectivity index is 2.32. The molecule has 0 amide bonds. The highest BCUT2D eigenvalue weighted by Gasteiger charge is 2.19. The third-order valence-corrected chi connectivity index (χ3v) is 2.60. The lowest BCUT2D eigenvalue weighted by Crippen LogP contribution is -2.32. The normalized spacial score (nSPS) is 20.6. The Morgan fingerprint density at radius 2 is 2.43 bits per heavy atom. The quantitative estimate of drug-likeness (QED) is 0.775. The van der Waals surface area contributed by atoms with Gasteiger partial charge < -0.3 is 10.1 Å². The lowest BCUT2D eigenvalue weighted by Gasteiger charge is -2.26. The summed E-state index contributed by atoms with van der Waals surface area (Å²) in [4.78, 5) is 0. The number of rotatable bonds is 2. The first-order valence-electron chi connectivity index (χ1n) is 4.82. The van der Waals surface area contributed by atoms with Crippen LogP contribution >= 0.6 is 0 Å². The van der Waals surface area contributed by atoms with E-state index in [1.165, 1.54) is 11.6 Å². The summed E-state index contributed by atoms with van der Waals surface area (Å²) in [5.41, 5.74) is 2.27. The molecule has 1 aromatic carbocycles. The van der Waals surface area contributed by atoms with Crippen LogP contribution in [0, 0.1) is 5.82 Å². The summed E-state index contributed by atoms with van der Waals surface area (Å²) in [6.07, 6.45) is 0.968. The van der Waals surface area contributed by atoms with E-state index in [9.17, 15) is 4.39 Å². The molecular weight excluding hydrogens is 181 g/mol. The van der Waals surface area contributed by atoms with E-state index in [0.29, 0.717) is 6.61 Å². The Kier molecular flexibility index (Phi) is 2.79. The summed E-state index contributed by atoms with van der Waals surface area (Å²) in [5, 5.41) is 3.31. The molecule has 1 heterocycles. The fraction of sp³-hybridized carbons (Fsp3) is 0.455. The van der Waals surface area contributed by atoms with Gasteiger partial charge in [0.15, 0.2) is 0 Å². The molecule has 0 fully saturated rings. The number of hydrogen-bond donors (Lipinski definition) is 1. The van der Waals surface area contributed by atoms with Gasteiger partial charge in [-0.1, -0.05) is 6.07 Å². The summed E-state index contributed by atoms with van der Waals surface area (Å²) in [7, 11) is 1.66. The van der Waals surface area contributed by atoms with Gasteiger partial charge in [0.05, 0.1) is 12.6 Å². The fourth-order valence-electron chi connectivity index (χ4n) is 1.92. The lowest BCUT2D eigenvalue weighted by atomic mass is 9.95. The summed E-state index contributed by atoms with van der Waals surface area (Å²) in [6.45, 7) is 1.53. The van der Waals surface area contributed by atoms with Crippen molar-refractivity contribution in [2.45, 2.75) is 12.5 Å². The van der Waals surface area contributed by atoms with Crippen LogP contribution in [0.4, 0.5) is 4.39 Å². The van der Waals surface area contributed by atoms with Gasteiger partial charge in [-0.25, -0.2) is 4.39 Å². The van der Waals surface area contributed by atoms with Crippen molar-refractivity contribution in [2.75, 3.05) is 20.3 Å². The molecule has 1 aromatic rings. The summed E-state index contributed by atoms with van der Waals surface area (Å²) < 4.78 is 18.1. The van der Waals surface area contributed by atoms with E-state index in [0.717, 1.165) is 18.5 Å². The van der Waals surface area contributed by atoms with Crippen LogP contribution in [0.15, 0.2) is 18.2 Å². The van der Waals surface area contributed by atoms with Crippen molar-refractivity contribution >= 4 is 0 Å². The second-order valence-electron chi connectivity index (χ2n) is 3.56. The molecule has 3 heteroatoms. The maximum absolute atomic E-state index is 13.0. The molecular formula is C11H14FNO. The monoisotopic (exact) mass is 195 g/mol. The topological polar surface area (TPSA) is 21.3 Å². The molecule has 1 atom stereocenters. The molecule has 0 spiro atoms. The predicted octanol–water partition coefficient (Wildman–Crippen LogP) is 1.66. The molecule has 76 valence electrons. The van der Waals surface area contributed by atoms with E-state index in [1.807, 2.05) is 6.07 Å². The lowest BCUT2D eigenvalue weighted by molar-refractivity contribution is 0.164. The van der Waals surface area contributed by atoms with Gasteiger partial charge in [0, 0.05) is 7.11 Å². The smallest absolute Gasteiger partial charge is 0.123 e. The summed E-state index contributed by atoms with van der Waals surface area (Å²) in [6, 6.07) is 5.13. The molecule has 1 N–H and O–H groups in total. The van der Waals surface area contributed by atoms with Gasteiger partial charge in [-0.15, -0.1) is 0 Å². The van der Waals surface area contributed by atoms with Crippen LogP contribution in [-0.4, -0.2) is 20.3 Å². The number of nitrogens with one attached hydrogen (secondary N) is 1. The second kappa shape index (κ2) is 4.07. The van der Waals surface area contributed by atoms with Crippen LogP contribution < -0.4 is 5.32 Å². The number of benzene rings is 1. The van der Waals surface area contributed by atoms with Crippen molar-refractivity contribution in [1.82, 2.24) is 5.32 Å². The van der Waals surface area contributed by atoms with Gasteiger partial charge in [-0.3, -0.25) is 0 Å². The van der Waals surface area contributed by atoms with E-state index in [4.69, 9.17) is 4.74 Å². The van der Waals surface area contributed by atoms with E-state index in [-0.39, 0.29) is 11.9 Å². The van der Waals surface area contributed by atoms with Crippen molar-refractivity contribution in [3.63, 3.8) is 0 Å². The third-order valence-electron chi connectivity index (χ3n) is 2.60. The van der Waals surface area contributed by atoms with Crippen molar-refractivity contribution in [3.05, 3.63) is 35.1 Å². The minimum Gasteiger partial charge on any atom is -0.383 e. The van der Waals surface area contributed by atoms with Gasteiger partial charge in [0.1, 0.15) is 5.82 Å². The van der Waals surface area contributed by atoms with E-state index >= 15 is 0 Å².